The van der Waals surface area contributed by atoms with Crippen LogP contribution in [-0.2, 0) is 6.54 Å². The van der Waals surface area contributed by atoms with E-state index in [1.54, 1.807) is 12.1 Å². The standard InChI is InChI=1S/C16H19ClN4O/c17-10-1-4-14-13(7-10)16(22)20-15(19-14)9-21-6-5-11-2-3-12(8-21)18-11/h1,4,7,11-12,18H,2-3,5-6,8-9H2,(H,19,20,22). The quantitative estimate of drug-likeness (QED) is 0.888. The second-order valence-electron chi connectivity index (χ2n) is 6.34. The number of nitrogens with one attached hydrogen (secondary N) is 2. The topological polar surface area (TPSA) is 61.0 Å². The minimum Gasteiger partial charge on any atom is -0.310 e. The summed E-state index contributed by atoms with van der Waals surface area (Å²) in [6, 6.07) is 6.50. The van der Waals surface area contributed by atoms with Gasteiger partial charge in [0, 0.05) is 30.2 Å². The van der Waals surface area contributed by atoms with Crippen LogP contribution in [-0.4, -0.2) is 40.0 Å². The van der Waals surface area contributed by atoms with Crippen molar-refractivity contribution in [2.75, 3.05) is 13.1 Å². The lowest BCUT2D eigenvalue weighted by Gasteiger charge is -2.23. The molecule has 0 radical (unpaired) electrons. The number of benzene rings is 1. The Hall–Kier alpha value is -1.43. The van der Waals surface area contributed by atoms with Crippen LogP contribution in [0.2, 0.25) is 5.02 Å². The van der Waals surface area contributed by atoms with E-state index in [0.717, 1.165) is 18.9 Å². The van der Waals surface area contributed by atoms with E-state index in [9.17, 15) is 4.79 Å². The lowest BCUT2D eigenvalue weighted by molar-refractivity contribution is 0.245. The zero-order valence-electron chi connectivity index (χ0n) is 12.3. The van der Waals surface area contributed by atoms with E-state index in [1.165, 1.54) is 19.3 Å². The van der Waals surface area contributed by atoms with Gasteiger partial charge in [0.25, 0.3) is 5.56 Å². The Morgan fingerprint density at radius 3 is 3.05 bits per heavy atom. The van der Waals surface area contributed by atoms with Gasteiger partial charge in [-0.1, -0.05) is 11.6 Å². The third-order valence-corrected chi connectivity index (χ3v) is 4.93. The summed E-state index contributed by atoms with van der Waals surface area (Å²) in [5.74, 6) is 0.734. The molecule has 2 aliphatic heterocycles. The number of fused-ring (bicyclic) bond motifs is 3. The highest BCUT2D eigenvalue weighted by Crippen LogP contribution is 2.21. The molecule has 1 aromatic heterocycles. The molecule has 22 heavy (non-hydrogen) atoms. The molecule has 2 fully saturated rings. The monoisotopic (exact) mass is 318 g/mol. The molecular weight excluding hydrogens is 300 g/mol. The first kappa shape index (κ1) is 14.2. The molecule has 2 unspecified atom stereocenters. The number of likely N-dealkylation sites (tertiary alicyclic amines) is 1. The van der Waals surface area contributed by atoms with E-state index < -0.39 is 0 Å². The fourth-order valence-corrected chi connectivity index (χ4v) is 3.78. The molecule has 2 aliphatic rings. The summed E-state index contributed by atoms with van der Waals surface area (Å²) >= 11 is 5.94. The molecule has 0 aliphatic carbocycles. The zero-order chi connectivity index (χ0) is 15.1. The Labute approximate surface area is 133 Å². The van der Waals surface area contributed by atoms with Crippen molar-refractivity contribution in [1.82, 2.24) is 20.2 Å². The van der Waals surface area contributed by atoms with Crippen molar-refractivity contribution in [3.63, 3.8) is 0 Å². The SMILES string of the molecule is O=c1[nH]c(CN2CCC3CCC(C2)N3)nc2ccc(Cl)cc12. The molecule has 2 saturated heterocycles. The van der Waals surface area contributed by atoms with E-state index >= 15 is 0 Å². The van der Waals surface area contributed by atoms with Gasteiger partial charge in [-0.3, -0.25) is 9.69 Å². The largest absolute Gasteiger partial charge is 0.310 e. The van der Waals surface area contributed by atoms with Crippen LogP contribution in [0.1, 0.15) is 25.1 Å². The van der Waals surface area contributed by atoms with Crippen molar-refractivity contribution in [3.8, 4) is 0 Å². The van der Waals surface area contributed by atoms with Gasteiger partial charge >= 0.3 is 0 Å². The minimum absolute atomic E-state index is 0.114. The van der Waals surface area contributed by atoms with Gasteiger partial charge in [0.2, 0.25) is 0 Å². The van der Waals surface area contributed by atoms with Crippen molar-refractivity contribution < 1.29 is 0 Å². The van der Waals surface area contributed by atoms with E-state index in [-0.39, 0.29) is 5.56 Å². The molecule has 116 valence electrons. The Morgan fingerprint density at radius 1 is 1.27 bits per heavy atom. The molecule has 2 bridgehead atoms. The molecule has 0 spiro atoms. The molecule has 3 heterocycles. The second kappa shape index (κ2) is 5.65. The van der Waals surface area contributed by atoms with E-state index in [0.29, 0.717) is 34.6 Å². The molecule has 5 nitrogen and oxygen atoms in total. The lowest BCUT2D eigenvalue weighted by Crippen LogP contribution is -2.35. The number of aromatic nitrogens is 2. The smallest absolute Gasteiger partial charge is 0.258 e. The number of hydrogen-bond acceptors (Lipinski definition) is 4. The van der Waals surface area contributed by atoms with Crippen LogP contribution in [0.25, 0.3) is 10.9 Å². The predicted octanol–water partition coefficient (Wildman–Crippen LogP) is 1.90. The third kappa shape index (κ3) is 2.76. The van der Waals surface area contributed by atoms with Gasteiger partial charge in [-0.2, -0.15) is 0 Å². The number of aromatic amines is 1. The number of nitrogens with zero attached hydrogens (tertiary/aromatic N) is 2. The molecule has 2 N–H and O–H groups in total. The van der Waals surface area contributed by atoms with Crippen molar-refractivity contribution in [1.29, 1.82) is 0 Å². The summed E-state index contributed by atoms with van der Waals surface area (Å²) < 4.78 is 0. The molecule has 2 aromatic rings. The fraction of sp³-hybridized carbons (Fsp3) is 0.500. The van der Waals surface area contributed by atoms with E-state index in [1.807, 2.05) is 6.07 Å². The maximum Gasteiger partial charge on any atom is 0.258 e. The Kier molecular flexibility index (Phi) is 3.64. The van der Waals surface area contributed by atoms with Crippen LogP contribution in [0, 0.1) is 0 Å². The molecule has 4 rings (SSSR count). The van der Waals surface area contributed by atoms with Gasteiger partial charge in [-0.15, -0.1) is 0 Å². The molecule has 2 atom stereocenters. The minimum atomic E-state index is -0.114. The van der Waals surface area contributed by atoms with Crippen LogP contribution in [0.5, 0.6) is 0 Å². The van der Waals surface area contributed by atoms with Crippen LogP contribution in [0.15, 0.2) is 23.0 Å². The maximum absolute atomic E-state index is 12.2. The summed E-state index contributed by atoms with van der Waals surface area (Å²) in [4.78, 5) is 22.1. The van der Waals surface area contributed by atoms with Gasteiger partial charge in [0.05, 0.1) is 17.4 Å². The third-order valence-electron chi connectivity index (χ3n) is 4.70. The first-order valence-electron chi connectivity index (χ1n) is 7.84. The maximum atomic E-state index is 12.2. The summed E-state index contributed by atoms with van der Waals surface area (Å²) in [5, 5.41) is 4.77. The summed E-state index contributed by atoms with van der Waals surface area (Å²) in [5.41, 5.74) is 0.592. The highest BCUT2D eigenvalue weighted by molar-refractivity contribution is 6.31. The number of hydrogen-bond donors (Lipinski definition) is 2. The van der Waals surface area contributed by atoms with E-state index in [2.05, 4.69) is 20.2 Å². The first-order valence-corrected chi connectivity index (χ1v) is 8.22. The van der Waals surface area contributed by atoms with Crippen LogP contribution in [0.4, 0.5) is 0 Å². The molecule has 0 saturated carbocycles. The molecular formula is C16H19ClN4O. The van der Waals surface area contributed by atoms with Crippen LogP contribution >= 0.6 is 11.6 Å². The van der Waals surface area contributed by atoms with Gasteiger partial charge in [-0.05, 0) is 37.5 Å². The average Bonchev–Trinajstić information content (AvgIpc) is 2.83. The highest BCUT2D eigenvalue weighted by atomic mass is 35.5. The second-order valence-corrected chi connectivity index (χ2v) is 6.77. The number of halogens is 1. The average molecular weight is 319 g/mol. The Balaban J connectivity index is 1.59. The summed E-state index contributed by atoms with van der Waals surface area (Å²) in [7, 11) is 0. The first-order chi connectivity index (χ1) is 10.7. The van der Waals surface area contributed by atoms with Crippen molar-refractivity contribution in [2.24, 2.45) is 0 Å². The van der Waals surface area contributed by atoms with Gasteiger partial charge in [0.15, 0.2) is 0 Å². The number of rotatable bonds is 2. The summed E-state index contributed by atoms with van der Waals surface area (Å²) in [6.07, 6.45) is 3.72. The van der Waals surface area contributed by atoms with Crippen molar-refractivity contribution in [2.45, 2.75) is 37.9 Å². The van der Waals surface area contributed by atoms with Crippen LogP contribution in [0.3, 0.4) is 0 Å². The van der Waals surface area contributed by atoms with Crippen molar-refractivity contribution >= 4 is 22.5 Å². The summed E-state index contributed by atoms with van der Waals surface area (Å²) in [6.45, 7) is 2.77. The lowest BCUT2D eigenvalue weighted by atomic mass is 10.1. The molecule has 1 aromatic carbocycles. The van der Waals surface area contributed by atoms with Gasteiger partial charge < -0.3 is 10.3 Å². The molecule has 0 amide bonds. The normalized spacial score (nSPS) is 25.5. The highest BCUT2D eigenvalue weighted by Gasteiger charge is 2.29. The predicted molar refractivity (Wildman–Crippen MR) is 87.2 cm³/mol. The van der Waals surface area contributed by atoms with Gasteiger partial charge in [-0.25, -0.2) is 4.98 Å². The Morgan fingerprint density at radius 2 is 2.14 bits per heavy atom. The zero-order valence-corrected chi connectivity index (χ0v) is 13.1. The Bertz CT molecular complexity index is 759. The van der Waals surface area contributed by atoms with Gasteiger partial charge in [0.1, 0.15) is 5.82 Å². The number of H-pyrrole nitrogens is 1. The van der Waals surface area contributed by atoms with Crippen LogP contribution < -0.4 is 10.9 Å². The van der Waals surface area contributed by atoms with E-state index in [4.69, 9.17) is 11.6 Å². The van der Waals surface area contributed by atoms with Crippen molar-refractivity contribution in [3.05, 3.63) is 39.4 Å². The fourth-order valence-electron chi connectivity index (χ4n) is 3.61. The molecule has 6 heteroatoms.